The molecule has 0 atom stereocenters. The van der Waals surface area contributed by atoms with Gasteiger partial charge in [-0.3, -0.25) is 4.79 Å². The van der Waals surface area contributed by atoms with Crippen molar-refractivity contribution in [2.45, 2.75) is 63.5 Å². The van der Waals surface area contributed by atoms with Gasteiger partial charge in [0, 0.05) is 18.3 Å². The summed E-state index contributed by atoms with van der Waals surface area (Å²) in [6.45, 7) is 0. The van der Waals surface area contributed by atoms with Crippen molar-refractivity contribution in [2.75, 3.05) is 7.11 Å². The van der Waals surface area contributed by atoms with Gasteiger partial charge in [0.2, 0.25) is 0 Å². The van der Waals surface area contributed by atoms with E-state index in [0.717, 1.165) is 37.1 Å². The highest BCUT2D eigenvalue weighted by Crippen LogP contribution is 2.32. The van der Waals surface area contributed by atoms with Crippen LogP contribution in [0.5, 0.6) is 5.75 Å². The average Bonchev–Trinajstić information content (AvgIpc) is 3.44. The van der Waals surface area contributed by atoms with Crippen molar-refractivity contribution in [3.05, 3.63) is 42.2 Å². The molecule has 2 aliphatic carbocycles. The Morgan fingerprint density at radius 2 is 1.58 bits per heavy atom. The standard InChI is InChI=1S/C21H27N3O2/c1-26-19-12-10-16(11-13-19)23-15-14-20(22-23)21(25)24(17-6-2-3-7-17)18-8-4-5-9-18/h10-15,17-18H,2-9H2,1H3. The minimum Gasteiger partial charge on any atom is -0.497 e. The van der Waals surface area contributed by atoms with Crippen molar-refractivity contribution in [3.8, 4) is 11.4 Å². The molecule has 1 amide bonds. The van der Waals surface area contributed by atoms with Gasteiger partial charge >= 0.3 is 0 Å². The highest BCUT2D eigenvalue weighted by molar-refractivity contribution is 5.92. The smallest absolute Gasteiger partial charge is 0.274 e. The Morgan fingerprint density at radius 1 is 1.00 bits per heavy atom. The van der Waals surface area contributed by atoms with Gasteiger partial charge in [0.25, 0.3) is 5.91 Å². The first-order chi connectivity index (χ1) is 12.8. The first kappa shape index (κ1) is 17.1. The third-order valence-electron chi connectivity index (χ3n) is 5.82. The molecule has 1 aromatic carbocycles. The molecule has 0 saturated heterocycles. The SMILES string of the molecule is COc1ccc(-n2ccc(C(=O)N(C3CCCC3)C3CCCC3)n2)cc1. The van der Waals surface area contributed by atoms with E-state index in [1.807, 2.05) is 36.5 Å². The average molecular weight is 353 g/mol. The van der Waals surface area contributed by atoms with Gasteiger partial charge in [-0.25, -0.2) is 4.68 Å². The quantitative estimate of drug-likeness (QED) is 0.809. The van der Waals surface area contributed by atoms with Gasteiger partial charge in [-0.2, -0.15) is 5.10 Å². The fraction of sp³-hybridized carbons (Fsp3) is 0.524. The molecule has 2 fully saturated rings. The summed E-state index contributed by atoms with van der Waals surface area (Å²) < 4.78 is 6.98. The molecule has 0 radical (unpaired) electrons. The van der Waals surface area contributed by atoms with E-state index in [2.05, 4.69) is 10.00 Å². The Bertz CT molecular complexity index is 725. The molecule has 138 valence electrons. The summed E-state index contributed by atoms with van der Waals surface area (Å²) in [4.78, 5) is 15.5. The molecule has 0 aliphatic heterocycles. The Morgan fingerprint density at radius 3 is 2.12 bits per heavy atom. The second-order valence-corrected chi connectivity index (χ2v) is 7.43. The molecule has 4 rings (SSSR count). The highest BCUT2D eigenvalue weighted by Gasteiger charge is 2.35. The maximum absolute atomic E-state index is 13.3. The fourth-order valence-corrected chi connectivity index (χ4v) is 4.44. The summed E-state index contributed by atoms with van der Waals surface area (Å²) in [5.74, 6) is 0.918. The van der Waals surface area contributed by atoms with E-state index in [9.17, 15) is 4.79 Å². The van der Waals surface area contributed by atoms with Crippen molar-refractivity contribution in [2.24, 2.45) is 0 Å². The van der Waals surface area contributed by atoms with Crippen LogP contribution in [0.2, 0.25) is 0 Å². The van der Waals surface area contributed by atoms with E-state index in [1.165, 1.54) is 25.7 Å². The molecule has 2 saturated carbocycles. The molecule has 2 aliphatic rings. The van der Waals surface area contributed by atoms with Crippen LogP contribution in [0.25, 0.3) is 5.69 Å². The van der Waals surface area contributed by atoms with Crippen molar-refractivity contribution >= 4 is 5.91 Å². The molecule has 5 heteroatoms. The minimum absolute atomic E-state index is 0.107. The molecule has 0 unspecified atom stereocenters. The molecule has 1 aromatic heterocycles. The Kier molecular flexibility index (Phi) is 4.96. The molecular formula is C21H27N3O2. The van der Waals surface area contributed by atoms with E-state index >= 15 is 0 Å². The van der Waals surface area contributed by atoms with Crippen LogP contribution in [0.15, 0.2) is 36.5 Å². The van der Waals surface area contributed by atoms with Crippen LogP contribution in [0.3, 0.4) is 0 Å². The van der Waals surface area contributed by atoms with Crippen LogP contribution in [0.4, 0.5) is 0 Å². The van der Waals surface area contributed by atoms with E-state index in [1.54, 1.807) is 11.8 Å². The Labute approximate surface area is 154 Å². The lowest BCUT2D eigenvalue weighted by Crippen LogP contribution is -2.45. The second-order valence-electron chi connectivity index (χ2n) is 7.43. The molecule has 0 N–H and O–H groups in total. The maximum atomic E-state index is 13.3. The van der Waals surface area contributed by atoms with Crippen LogP contribution in [-0.2, 0) is 0 Å². The number of nitrogens with zero attached hydrogens (tertiary/aromatic N) is 3. The number of hydrogen-bond acceptors (Lipinski definition) is 3. The number of hydrogen-bond donors (Lipinski definition) is 0. The maximum Gasteiger partial charge on any atom is 0.274 e. The zero-order valence-electron chi connectivity index (χ0n) is 15.4. The van der Waals surface area contributed by atoms with E-state index in [4.69, 9.17) is 4.74 Å². The van der Waals surface area contributed by atoms with Gasteiger partial charge in [-0.15, -0.1) is 0 Å². The molecule has 26 heavy (non-hydrogen) atoms. The number of amides is 1. The van der Waals surface area contributed by atoms with Gasteiger partial charge in [0.15, 0.2) is 5.69 Å². The number of carbonyl (C=O) groups is 1. The first-order valence-electron chi connectivity index (χ1n) is 9.79. The third-order valence-corrected chi connectivity index (χ3v) is 5.82. The van der Waals surface area contributed by atoms with Gasteiger partial charge in [0.05, 0.1) is 12.8 Å². The Hall–Kier alpha value is -2.30. The van der Waals surface area contributed by atoms with E-state index < -0.39 is 0 Å². The summed E-state index contributed by atoms with van der Waals surface area (Å²) >= 11 is 0. The predicted molar refractivity (Wildman–Crippen MR) is 101 cm³/mol. The molecular weight excluding hydrogens is 326 g/mol. The molecule has 0 spiro atoms. The number of rotatable bonds is 5. The normalized spacial score (nSPS) is 18.3. The summed E-state index contributed by atoms with van der Waals surface area (Å²) in [6, 6.07) is 10.4. The fourth-order valence-electron chi connectivity index (χ4n) is 4.44. The van der Waals surface area contributed by atoms with E-state index in [0.29, 0.717) is 17.8 Å². The number of benzene rings is 1. The lowest BCUT2D eigenvalue weighted by atomic mass is 10.1. The topological polar surface area (TPSA) is 47.4 Å². The third kappa shape index (κ3) is 3.35. The largest absolute Gasteiger partial charge is 0.497 e. The number of ether oxygens (including phenoxy) is 1. The summed E-state index contributed by atoms with van der Waals surface area (Å²) in [6.07, 6.45) is 11.4. The number of methoxy groups -OCH3 is 1. The van der Waals surface area contributed by atoms with Crippen molar-refractivity contribution in [1.82, 2.24) is 14.7 Å². The van der Waals surface area contributed by atoms with Gasteiger partial charge in [-0.1, -0.05) is 25.7 Å². The highest BCUT2D eigenvalue weighted by atomic mass is 16.5. The zero-order chi connectivity index (χ0) is 17.9. The molecule has 2 aromatic rings. The van der Waals surface area contributed by atoms with Gasteiger partial charge in [-0.05, 0) is 56.0 Å². The molecule has 0 bridgehead atoms. The van der Waals surface area contributed by atoms with Crippen LogP contribution < -0.4 is 4.74 Å². The first-order valence-corrected chi connectivity index (χ1v) is 9.79. The molecule has 1 heterocycles. The summed E-state index contributed by atoms with van der Waals surface area (Å²) in [5, 5.41) is 4.58. The van der Waals surface area contributed by atoms with E-state index in [-0.39, 0.29) is 5.91 Å². The van der Waals surface area contributed by atoms with Crippen molar-refractivity contribution < 1.29 is 9.53 Å². The van der Waals surface area contributed by atoms with Crippen molar-refractivity contribution in [1.29, 1.82) is 0 Å². The van der Waals surface area contributed by atoms with Gasteiger partial charge < -0.3 is 9.64 Å². The predicted octanol–water partition coefficient (Wildman–Crippen LogP) is 4.21. The van der Waals surface area contributed by atoms with Crippen LogP contribution in [0.1, 0.15) is 61.9 Å². The number of aromatic nitrogens is 2. The minimum atomic E-state index is 0.107. The van der Waals surface area contributed by atoms with Crippen LogP contribution >= 0.6 is 0 Å². The summed E-state index contributed by atoms with van der Waals surface area (Å²) in [7, 11) is 1.65. The second kappa shape index (κ2) is 7.52. The lowest BCUT2D eigenvalue weighted by molar-refractivity contribution is 0.0574. The van der Waals surface area contributed by atoms with Crippen LogP contribution in [-0.4, -0.2) is 39.8 Å². The van der Waals surface area contributed by atoms with Crippen LogP contribution in [0, 0.1) is 0 Å². The zero-order valence-corrected chi connectivity index (χ0v) is 15.4. The lowest BCUT2D eigenvalue weighted by Gasteiger charge is -2.34. The Balaban J connectivity index is 1.56. The summed E-state index contributed by atoms with van der Waals surface area (Å²) in [5.41, 5.74) is 1.48. The monoisotopic (exact) mass is 353 g/mol. The van der Waals surface area contributed by atoms with Gasteiger partial charge in [0.1, 0.15) is 5.75 Å². The number of carbonyl (C=O) groups excluding carboxylic acids is 1. The molecule has 5 nitrogen and oxygen atoms in total. The van der Waals surface area contributed by atoms with Crippen molar-refractivity contribution in [3.63, 3.8) is 0 Å².